The molecule has 3 heterocycles. The summed E-state index contributed by atoms with van der Waals surface area (Å²) in [6.07, 6.45) is 3.65. The fourth-order valence-electron chi connectivity index (χ4n) is 5.57. The van der Waals surface area contributed by atoms with Crippen molar-refractivity contribution in [2.75, 3.05) is 0 Å². The van der Waals surface area contributed by atoms with Crippen molar-refractivity contribution in [2.24, 2.45) is 0 Å². The van der Waals surface area contributed by atoms with Crippen LogP contribution in [0.4, 0.5) is 0 Å². The number of aryl methyl sites for hydroxylation is 2. The van der Waals surface area contributed by atoms with Crippen LogP contribution in [0.25, 0.3) is 66.5 Å². The van der Waals surface area contributed by atoms with E-state index in [0.717, 1.165) is 55.4 Å². The van der Waals surface area contributed by atoms with E-state index in [0.29, 0.717) is 5.82 Å². The van der Waals surface area contributed by atoms with Crippen LogP contribution < -0.4 is 0 Å². The van der Waals surface area contributed by atoms with Gasteiger partial charge < -0.3 is 4.98 Å². The van der Waals surface area contributed by atoms with Crippen LogP contribution in [0, 0.1) is 26.0 Å². The molecule has 1 radical (unpaired) electrons. The fraction of sp³-hybridized carbons (Fsp3) is 0.0500. The second-order valence-electron chi connectivity index (χ2n) is 10.7. The quantitative estimate of drug-likeness (QED) is 0.133. The zero-order valence-electron chi connectivity index (χ0n) is 24.8. The van der Waals surface area contributed by atoms with Gasteiger partial charge in [-0.25, -0.2) is 0 Å². The van der Waals surface area contributed by atoms with Gasteiger partial charge in [0, 0.05) is 43.3 Å². The van der Waals surface area contributed by atoms with E-state index in [1.165, 1.54) is 16.3 Å². The van der Waals surface area contributed by atoms with Crippen LogP contribution >= 0.6 is 0 Å². The summed E-state index contributed by atoms with van der Waals surface area (Å²) in [7, 11) is 0. The van der Waals surface area contributed by atoms with Crippen molar-refractivity contribution in [3.05, 3.63) is 157 Å². The van der Waals surface area contributed by atoms with Gasteiger partial charge in [-0.05, 0) is 46.1 Å². The first kappa shape index (κ1) is 30.0. The number of hydrogen-bond acceptors (Lipinski definition) is 4. The first-order valence-corrected chi connectivity index (χ1v) is 14.6. The molecule has 0 unspecified atom stereocenters. The van der Waals surface area contributed by atoms with Gasteiger partial charge in [0.15, 0.2) is 0 Å². The zero-order chi connectivity index (χ0) is 29.9. The van der Waals surface area contributed by atoms with Gasteiger partial charge in [0.25, 0.3) is 0 Å². The van der Waals surface area contributed by atoms with E-state index in [9.17, 15) is 0 Å². The molecule has 8 rings (SSSR count). The van der Waals surface area contributed by atoms with Crippen LogP contribution in [0.1, 0.15) is 11.1 Å². The third-order valence-corrected chi connectivity index (χ3v) is 7.53. The summed E-state index contributed by atoms with van der Waals surface area (Å²) in [6.45, 7) is 4.18. The second kappa shape index (κ2) is 13.3. The van der Waals surface area contributed by atoms with E-state index in [-0.39, 0.29) is 20.1 Å². The smallest absolute Gasteiger partial charge is 0.0892 e. The molecule has 0 atom stereocenters. The maximum absolute atomic E-state index is 4.89. The van der Waals surface area contributed by atoms with Gasteiger partial charge in [0.1, 0.15) is 0 Å². The average molecular weight is 757 g/mol. The Morgan fingerprint density at radius 3 is 2.07 bits per heavy atom. The number of rotatable bonds is 3. The SMILES string of the molecule is Cc1[c-]c(-c2nccc3ccccc23)cc(C)c1.[Ir].[c-]1ccccc1-c1nc(-c2ccccn2)c2ccc3ccccc3c2n1. The maximum Gasteiger partial charge on any atom is 0.0892 e. The van der Waals surface area contributed by atoms with Crippen molar-refractivity contribution in [3.8, 4) is 34.0 Å². The molecule has 0 aliphatic heterocycles. The molecule has 45 heavy (non-hydrogen) atoms. The molecule has 0 amide bonds. The van der Waals surface area contributed by atoms with Crippen molar-refractivity contribution in [1.82, 2.24) is 19.9 Å². The number of nitrogens with zero attached hydrogens (tertiary/aromatic N) is 4. The predicted octanol–water partition coefficient (Wildman–Crippen LogP) is 9.63. The average Bonchev–Trinajstić information content (AvgIpc) is 3.08. The number of fused-ring (bicyclic) bond motifs is 4. The van der Waals surface area contributed by atoms with E-state index in [4.69, 9.17) is 9.97 Å². The molecule has 5 aromatic carbocycles. The van der Waals surface area contributed by atoms with Crippen molar-refractivity contribution in [3.63, 3.8) is 0 Å². The van der Waals surface area contributed by atoms with Crippen LogP contribution in [0.3, 0.4) is 0 Å². The standard InChI is InChI=1S/C23H14N3.C17H14N.Ir/c1-2-9-17(10-3-1)23-25-21-18-11-5-4-8-16(18)13-14-19(21)22(26-23)20-12-6-7-15-24-20;1-12-9-13(2)11-15(10-12)17-16-6-4-3-5-14(16)7-8-18-17;/h1-9,11-15H;3-10H,1-2H3;/q2*-1;. The Morgan fingerprint density at radius 1 is 0.556 bits per heavy atom. The number of aromatic nitrogens is 4. The third kappa shape index (κ3) is 6.27. The van der Waals surface area contributed by atoms with Crippen LogP contribution in [0.2, 0.25) is 0 Å². The summed E-state index contributed by atoms with van der Waals surface area (Å²) in [5, 5.41) is 5.67. The minimum atomic E-state index is 0. The van der Waals surface area contributed by atoms with Crippen LogP contribution in [-0.4, -0.2) is 19.9 Å². The first-order valence-electron chi connectivity index (χ1n) is 14.6. The normalized spacial score (nSPS) is 10.7. The second-order valence-corrected chi connectivity index (χ2v) is 10.7. The van der Waals surface area contributed by atoms with Crippen molar-refractivity contribution in [2.45, 2.75) is 13.8 Å². The Morgan fingerprint density at radius 2 is 1.31 bits per heavy atom. The minimum absolute atomic E-state index is 0. The van der Waals surface area contributed by atoms with Crippen LogP contribution in [0.15, 0.2) is 134 Å². The molecule has 0 aliphatic carbocycles. The molecule has 0 saturated heterocycles. The predicted molar refractivity (Wildman–Crippen MR) is 180 cm³/mol. The molecule has 0 N–H and O–H groups in total. The largest absolute Gasteiger partial charge is 0.304 e. The Balaban J connectivity index is 0.000000166. The third-order valence-electron chi connectivity index (χ3n) is 7.53. The first-order chi connectivity index (χ1) is 21.6. The van der Waals surface area contributed by atoms with Gasteiger partial charge in [0.05, 0.1) is 22.7 Å². The van der Waals surface area contributed by atoms with E-state index < -0.39 is 0 Å². The summed E-state index contributed by atoms with van der Waals surface area (Å²) in [6, 6.07) is 47.4. The molecule has 4 nitrogen and oxygen atoms in total. The molecule has 3 aromatic heterocycles. The number of pyridine rings is 2. The van der Waals surface area contributed by atoms with Crippen molar-refractivity contribution in [1.29, 1.82) is 0 Å². The molecule has 219 valence electrons. The number of benzene rings is 5. The Labute approximate surface area is 276 Å². The maximum atomic E-state index is 4.89. The molecule has 8 aromatic rings. The van der Waals surface area contributed by atoms with E-state index in [1.807, 2.05) is 66.9 Å². The topological polar surface area (TPSA) is 51.6 Å². The monoisotopic (exact) mass is 757 g/mol. The molecule has 0 saturated carbocycles. The summed E-state index contributed by atoms with van der Waals surface area (Å²) >= 11 is 0. The Hall–Kier alpha value is -5.09. The van der Waals surface area contributed by atoms with Gasteiger partial charge in [0.2, 0.25) is 0 Å². The van der Waals surface area contributed by atoms with Gasteiger partial charge in [-0.15, -0.1) is 70.8 Å². The van der Waals surface area contributed by atoms with Crippen molar-refractivity contribution >= 4 is 32.4 Å². The molecular formula is C40H28IrN4-2. The van der Waals surface area contributed by atoms with Gasteiger partial charge in [-0.1, -0.05) is 74.5 Å². The van der Waals surface area contributed by atoms with Crippen LogP contribution in [-0.2, 0) is 20.1 Å². The number of hydrogen-bond donors (Lipinski definition) is 0. The Bertz CT molecular complexity index is 2220. The van der Waals surface area contributed by atoms with E-state index in [2.05, 4.69) is 96.6 Å². The van der Waals surface area contributed by atoms with Crippen molar-refractivity contribution < 1.29 is 20.1 Å². The van der Waals surface area contributed by atoms with Gasteiger partial charge >= 0.3 is 0 Å². The van der Waals surface area contributed by atoms with Crippen LogP contribution in [0.5, 0.6) is 0 Å². The minimum Gasteiger partial charge on any atom is -0.304 e. The molecule has 0 spiro atoms. The molecular weight excluding hydrogens is 729 g/mol. The van der Waals surface area contributed by atoms with Gasteiger partial charge in [-0.3, -0.25) is 15.0 Å². The van der Waals surface area contributed by atoms with E-state index >= 15 is 0 Å². The van der Waals surface area contributed by atoms with E-state index in [1.54, 1.807) is 6.20 Å². The molecule has 0 fully saturated rings. The summed E-state index contributed by atoms with van der Waals surface area (Å²) in [5.74, 6) is 0.662. The summed E-state index contributed by atoms with van der Waals surface area (Å²) in [5.41, 5.74) is 7.98. The fourth-order valence-corrected chi connectivity index (χ4v) is 5.57. The molecule has 0 aliphatic rings. The Kier molecular flexibility index (Phi) is 8.84. The summed E-state index contributed by atoms with van der Waals surface area (Å²) in [4.78, 5) is 18.8. The summed E-state index contributed by atoms with van der Waals surface area (Å²) < 4.78 is 0. The molecule has 0 bridgehead atoms. The van der Waals surface area contributed by atoms with Gasteiger partial charge in [-0.2, -0.15) is 0 Å². The molecule has 5 heteroatoms. The zero-order valence-corrected chi connectivity index (χ0v) is 27.2.